The Morgan fingerprint density at radius 3 is 2.72 bits per heavy atom. The fourth-order valence-electron chi connectivity index (χ4n) is 1.18. The summed E-state index contributed by atoms with van der Waals surface area (Å²) in [5, 5.41) is 40.8. The lowest BCUT2D eigenvalue weighted by atomic mass is 10.2. The van der Waals surface area contributed by atoms with Gasteiger partial charge in [-0.3, -0.25) is 5.41 Å². The number of hydrazone groups is 1. The van der Waals surface area contributed by atoms with Gasteiger partial charge in [0.25, 0.3) is 0 Å². The highest BCUT2D eigenvalue weighted by Crippen LogP contribution is 2.21. The number of hydrogen-bond donors (Lipinski definition) is 7. The van der Waals surface area contributed by atoms with E-state index in [1.165, 1.54) is 24.4 Å². The van der Waals surface area contributed by atoms with Crippen LogP contribution in [0.5, 0.6) is 5.75 Å². The van der Waals surface area contributed by atoms with Crippen molar-refractivity contribution in [1.82, 2.24) is 5.43 Å². The van der Waals surface area contributed by atoms with Gasteiger partial charge in [0.15, 0.2) is 0 Å². The van der Waals surface area contributed by atoms with E-state index in [1.54, 1.807) is 0 Å². The van der Waals surface area contributed by atoms with Gasteiger partial charge in [-0.1, -0.05) is 0 Å². The summed E-state index contributed by atoms with van der Waals surface area (Å²) < 4.78 is 0. The highest BCUT2D eigenvalue weighted by Gasteiger charge is 2.14. The van der Waals surface area contributed by atoms with Crippen molar-refractivity contribution in [1.29, 1.82) is 5.41 Å². The summed E-state index contributed by atoms with van der Waals surface area (Å²) in [5.41, 5.74) is 7.91. The maximum atomic E-state index is 9.54. The van der Waals surface area contributed by atoms with E-state index in [0.717, 1.165) is 6.92 Å². The molecule has 0 aliphatic rings. The van der Waals surface area contributed by atoms with Crippen molar-refractivity contribution < 1.29 is 15.3 Å². The normalized spacial score (nSPS) is 11.5. The molecule has 8 heteroatoms. The number of aromatic hydroxyl groups is 1. The fraction of sp³-hybridized carbons (Fsp3) is 0.200. The van der Waals surface area contributed by atoms with Gasteiger partial charge in [0.05, 0.1) is 6.21 Å². The van der Waals surface area contributed by atoms with Crippen molar-refractivity contribution in [3.8, 4) is 5.75 Å². The van der Waals surface area contributed by atoms with Crippen LogP contribution in [0, 0.1) is 5.41 Å². The van der Waals surface area contributed by atoms with Crippen LogP contribution in [-0.2, 0) is 0 Å². The number of phenolic OH excluding ortho intramolecular Hbond substituents is 1. The number of rotatable bonds is 4. The summed E-state index contributed by atoms with van der Waals surface area (Å²) in [6, 6.07) is 4.28. The molecule has 0 heterocycles. The van der Waals surface area contributed by atoms with Crippen LogP contribution < -0.4 is 16.5 Å². The first-order chi connectivity index (χ1) is 8.28. The van der Waals surface area contributed by atoms with Crippen LogP contribution in [-0.4, -0.2) is 33.4 Å². The molecule has 1 aromatic carbocycles. The van der Waals surface area contributed by atoms with E-state index in [2.05, 4.69) is 15.8 Å². The summed E-state index contributed by atoms with van der Waals surface area (Å²) in [5.74, 6) is -2.45. The van der Waals surface area contributed by atoms with E-state index in [9.17, 15) is 15.3 Å². The van der Waals surface area contributed by atoms with Crippen LogP contribution >= 0.6 is 0 Å². The first-order valence-corrected chi connectivity index (χ1v) is 4.97. The van der Waals surface area contributed by atoms with Gasteiger partial charge < -0.3 is 26.4 Å². The van der Waals surface area contributed by atoms with E-state index < -0.39 is 5.91 Å². The third kappa shape index (κ3) is 4.68. The number of benzene rings is 1. The average Bonchev–Trinajstić information content (AvgIpc) is 2.20. The molecule has 0 aromatic heterocycles. The SMILES string of the molecule is CC(O)(O)Nc1ccc(O)c(/C=N/NC(=N)N)c1. The molecule has 1 rings (SSSR count). The Kier molecular flexibility index (Phi) is 4.08. The summed E-state index contributed by atoms with van der Waals surface area (Å²) in [4.78, 5) is 0. The molecule has 98 valence electrons. The minimum atomic E-state index is -2.07. The Bertz CT molecular complexity index is 467. The predicted octanol–water partition coefficient (Wildman–Crippen LogP) is -0.721. The number of phenols is 1. The van der Waals surface area contributed by atoms with Crippen molar-refractivity contribution >= 4 is 17.9 Å². The van der Waals surface area contributed by atoms with E-state index in [0.29, 0.717) is 11.3 Å². The van der Waals surface area contributed by atoms with Crippen molar-refractivity contribution in [2.75, 3.05) is 5.32 Å². The minimum absolute atomic E-state index is 0.0489. The highest BCUT2D eigenvalue weighted by molar-refractivity contribution is 5.86. The van der Waals surface area contributed by atoms with Crippen LogP contribution in [0.25, 0.3) is 0 Å². The molecule has 0 fully saturated rings. The number of hydrogen-bond acceptors (Lipinski definition) is 6. The monoisotopic (exact) mass is 253 g/mol. The van der Waals surface area contributed by atoms with Gasteiger partial charge in [-0.15, -0.1) is 0 Å². The molecule has 0 saturated heterocycles. The zero-order valence-corrected chi connectivity index (χ0v) is 9.68. The molecule has 0 spiro atoms. The number of nitrogens with one attached hydrogen (secondary N) is 3. The third-order valence-electron chi connectivity index (χ3n) is 1.80. The van der Waals surface area contributed by atoms with E-state index in [1.807, 2.05) is 0 Å². The van der Waals surface area contributed by atoms with E-state index >= 15 is 0 Å². The molecule has 8 nitrogen and oxygen atoms in total. The predicted molar refractivity (Wildman–Crippen MR) is 67.2 cm³/mol. The van der Waals surface area contributed by atoms with Crippen LogP contribution in [0.2, 0.25) is 0 Å². The number of anilines is 1. The Labute approximate surface area is 103 Å². The van der Waals surface area contributed by atoms with Crippen molar-refractivity contribution in [3.05, 3.63) is 23.8 Å². The standard InChI is InChI=1S/C10H15N5O3/c1-10(17,18)14-7-2-3-8(16)6(4-7)5-13-15-9(11)12/h2-5,14,16-18H,1H3,(H4,11,12,15)/b13-5+. The maximum Gasteiger partial charge on any atom is 0.241 e. The molecule has 0 saturated carbocycles. The van der Waals surface area contributed by atoms with Crippen molar-refractivity contribution in [3.63, 3.8) is 0 Å². The maximum absolute atomic E-state index is 9.54. The molecule has 1 aromatic rings. The van der Waals surface area contributed by atoms with Gasteiger partial charge in [0.2, 0.25) is 11.9 Å². The highest BCUT2D eigenvalue weighted by atomic mass is 16.5. The molecule has 8 N–H and O–H groups in total. The molecular formula is C10H15N5O3. The van der Waals surface area contributed by atoms with Gasteiger partial charge in [-0.2, -0.15) is 5.10 Å². The molecule has 18 heavy (non-hydrogen) atoms. The molecular weight excluding hydrogens is 238 g/mol. The largest absolute Gasteiger partial charge is 0.507 e. The quantitative estimate of drug-likeness (QED) is 0.124. The molecule has 0 amide bonds. The lowest BCUT2D eigenvalue weighted by Crippen LogP contribution is -2.33. The van der Waals surface area contributed by atoms with E-state index in [4.69, 9.17) is 11.1 Å². The lowest BCUT2D eigenvalue weighted by Gasteiger charge is -2.19. The summed E-state index contributed by atoms with van der Waals surface area (Å²) in [7, 11) is 0. The van der Waals surface area contributed by atoms with Crippen molar-refractivity contribution in [2.45, 2.75) is 12.8 Å². The molecule has 0 atom stereocenters. The molecule has 0 radical (unpaired) electrons. The first kappa shape index (κ1) is 13.7. The number of nitrogens with zero attached hydrogens (tertiary/aromatic N) is 1. The number of aliphatic hydroxyl groups is 2. The van der Waals surface area contributed by atoms with Crippen LogP contribution in [0.1, 0.15) is 12.5 Å². The van der Waals surface area contributed by atoms with Crippen LogP contribution in [0.3, 0.4) is 0 Å². The smallest absolute Gasteiger partial charge is 0.241 e. The second kappa shape index (κ2) is 5.34. The third-order valence-corrected chi connectivity index (χ3v) is 1.80. The fourth-order valence-corrected chi connectivity index (χ4v) is 1.18. The van der Waals surface area contributed by atoms with Gasteiger partial charge in [0, 0.05) is 18.2 Å². The molecule has 0 unspecified atom stereocenters. The second-order valence-corrected chi connectivity index (χ2v) is 3.70. The van der Waals surface area contributed by atoms with Gasteiger partial charge in [-0.05, 0) is 18.2 Å². The van der Waals surface area contributed by atoms with Crippen LogP contribution in [0.4, 0.5) is 5.69 Å². The summed E-state index contributed by atoms with van der Waals surface area (Å²) >= 11 is 0. The Hall–Kier alpha value is -2.32. The van der Waals surface area contributed by atoms with Gasteiger partial charge >= 0.3 is 0 Å². The molecule has 0 aliphatic heterocycles. The zero-order valence-electron chi connectivity index (χ0n) is 9.68. The second-order valence-electron chi connectivity index (χ2n) is 3.70. The summed E-state index contributed by atoms with van der Waals surface area (Å²) in [6.07, 6.45) is 1.24. The van der Waals surface area contributed by atoms with E-state index in [-0.39, 0.29) is 11.7 Å². The lowest BCUT2D eigenvalue weighted by molar-refractivity contribution is -0.118. The van der Waals surface area contributed by atoms with Crippen LogP contribution in [0.15, 0.2) is 23.3 Å². The van der Waals surface area contributed by atoms with Gasteiger partial charge in [0.1, 0.15) is 5.75 Å². The Morgan fingerprint density at radius 2 is 2.17 bits per heavy atom. The zero-order chi connectivity index (χ0) is 13.8. The average molecular weight is 253 g/mol. The first-order valence-electron chi connectivity index (χ1n) is 4.97. The molecule has 0 bridgehead atoms. The van der Waals surface area contributed by atoms with Gasteiger partial charge in [-0.25, -0.2) is 5.43 Å². The Morgan fingerprint density at radius 1 is 1.50 bits per heavy atom. The Balaban J connectivity index is 2.88. The topological polar surface area (TPSA) is 147 Å². The number of guanidine groups is 1. The number of nitrogens with two attached hydrogens (primary N) is 1. The minimum Gasteiger partial charge on any atom is -0.507 e. The van der Waals surface area contributed by atoms with Crippen molar-refractivity contribution in [2.24, 2.45) is 10.8 Å². The molecule has 0 aliphatic carbocycles. The summed E-state index contributed by atoms with van der Waals surface area (Å²) in [6.45, 7) is 1.16.